The minimum absolute atomic E-state index is 0.376. The van der Waals surface area contributed by atoms with E-state index in [0.29, 0.717) is 5.92 Å². The molecule has 1 aromatic heterocycles. The van der Waals surface area contributed by atoms with Gasteiger partial charge in [0.15, 0.2) is 5.82 Å². The number of allylic oxidation sites excluding steroid dienone is 2. The summed E-state index contributed by atoms with van der Waals surface area (Å²) in [6.07, 6.45) is 5.19. The van der Waals surface area contributed by atoms with Crippen molar-refractivity contribution in [3.63, 3.8) is 0 Å². The summed E-state index contributed by atoms with van der Waals surface area (Å²) in [5.41, 5.74) is 7.58. The summed E-state index contributed by atoms with van der Waals surface area (Å²) in [7, 11) is 0. The van der Waals surface area contributed by atoms with Crippen molar-refractivity contribution in [3.05, 3.63) is 84.1 Å². The van der Waals surface area contributed by atoms with Crippen molar-refractivity contribution in [1.29, 1.82) is 0 Å². The summed E-state index contributed by atoms with van der Waals surface area (Å²) in [6, 6.07) is 18.7. The van der Waals surface area contributed by atoms with Crippen LogP contribution in [0.25, 0.3) is 34.3 Å². The van der Waals surface area contributed by atoms with E-state index in [0.717, 1.165) is 45.9 Å². The van der Waals surface area contributed by atoms with Gasteiger partial charge in [0.2, 0.25) is 0 Å². The quantitative estimate of drug-likeness (QED) is 0.453. The van der Waals surface area contributed by atoms with Crippen molar-refractivity contribution >= 4 is 11.6 Å². The van der Waals surface area contributed by atoms with Gasteiger partial charge in [-0.25, -0.2) is 9.97 Å². The van der Waals surface area contributed by atoms with Gasteiger partial charge in [-0.15, -0.1) is 0 Å². The van der Waals surface area contributed by atoms with Gasteiger partial charge in [-0.2, -0.15) is 0 Å². The standard InChI is InChI=1S/C26H28N2/c1-6-11-23-24(19(5)7-2)25(21-12-9-8-10-13-21)28-26(27-23)22-16-14-20(15-17-22)18(3)4/h6,8-17,19H,3,7H2,1-2,4-5H3/b11-6-. The molecule has 0 fully saturated rings. The zero-order valence-electron chi connectivity index (χ0n) is 17.2. The minimum atomic E-state index is 0.376. The average molecular weight is 369 g/mol. The molecule has 1 heterocycles. The normalized spacial score (nSPS) is 12.3. The summed E-state index contributed by atoms with van der Waals surface area (Å²) < 4.78 is 0. The van der Waals surface area contributed by atoms with Gasteiger partial charge in [0.1, 0.15) is 0 Å². The second-order valence-electron chi connectivity index (χ2n) is 7.23. The minimum Gasteiger partial charge on any atom is -0.228 e. The molecule has 0 radical (unpaired) electrons. The topological polar surface area (TPSA) is 25.8 Å². The zero-order valence-corrected chi connectivity index (χ0v) is 17.2. The summed E-state index contributed by atoms with van der Waals surface area (Å²) in [5, 5.41) is 0. The van der Waals surface area contributed by atoms with E-state index in [4.69, 9.17) is 9.97 Å². The smallest absolute Gasteiger partial charge is 0.160 e. The lowest BCUT2D eigenvalue weighted by Gasteiger charge is -2.18. The second-order valence-corrected chi connectivity index (χ2v) is 7.23. The molecule has 0 aliphatic heterocycles. The first-order chi connectivity index (χ1) is 13.5. The lowest BCUT2D eigenvalue weighted by Crippen LogP contribution is -2.06. The summed E-state index contributed by atoms with van der Waals surface area (Å²) in [6.45, 7) is 12.5. The average Bonchev–Trinajstić information content (AvgIpc) is 2.73. The highest BCUT2D eigenvalue weighted by atomic mass is 14.9. The Morgan fingerprint density at radius 3 is 2.25 bits per heavy atom. The van der Waals surface area contributed by atoms with Gasteiger partial charge in [0, 0.05) is 16.7 Å². The number of aromatic nitrogens is 2. The van der Waals surface area contributed by atoms with E-state index in [2.05, 4.69) is 81.1 Å². The summed E-state index contributed by atoms with van der Waals surface area (Å²) in [5.74, 6) is 1.13. The number of hydrogen-bond acceptors (Lipinski definition) is 2. The third-order valence-electron chi connectivity index (χ3n) is 5.09. The van der Waals surface area contributed by atoms with Crippen molar-refractivity contribution in [2.75, 3.05) is 0 Å². The monoisotopic (exact) mass is 368 g/mol. The maximum Gasteiger partial charge on any atom is 0.160 e. The Morgan fingerprint density at radius 1 is 1.00 bits per heavy atom. The molecule has 0 saturated carbocycles. The molecule has 0 N–H and O–H groups in total. The second kappa shape index (κ2) is 8.79. The molecule has 2 heteroatoms. The van der Waals surface area contributed by atoms with E-state index in [1.807, 2.05) is 19.9 Å². The van der Waals surface area contributed by atoms with Crippen LogP contribution in [0.1, 0.15) is 56.9 Å². The van der Waals surface area contributed by atoms with E-state index < -0.39 is 0 Å². The summed E-state index contributed by atoms with van der Waals surface area (Å²) in [4.78, 5) is 9.97. The largest absolute Gasteiger partial charge is 0.228 e. The number of hydrogen-bond donors (Lipinski definition) is 0. The van der Waals surface area contributed by atoms with E-state index >= 15 is 0 Å². The van der Waals surface area contributed by atoms with E-state index in [-0.39, 0.29) is 0 Å². The highest BCUT2D eigenvalue weighted by Gasteiger charge is 2.19. The fraction of sp³-hybridized carbons (Fsp3) is 0.231. The summed E-state index contributed by atoms with van der Waals surface area (Å²) >= 11 is 0. The Morgan fingerprint density at radius 2 is 1.68 bits per heavy atom. The van der Waals surface area contributed by atoms with Crippen LogP contribution in [-0.2, 0) is 0 Å². The Kier molecular flexibility index (Phi) is 6.20. The SMILES string of the molecule is C=C(C)c1ccc(-c2nc(/C=C\C)c(C(C)CC)c(-c3ccccc3)n2)cc1. The predicted octanol–water partition coefficient (Wildman–Crippen LogP) is 7.39. The molecule has 0 aliphatic rings. The van der Waals surface area contributed by atoms with Crippen LogP contribution in [0, 0.1) is 0 Å². The molecule has 1 unspecified atom stereocenters. The lowest BCUT2D eigenvalue weighted by molar-refractivity contribution is 0.725. The van der Waals surface area contributed by atoms with Crippen LogP contribution in [-0.4, -0.2) is 9.97 Å². The molecule has 2 aromatic carbocycles. The van der Waals surface area contributed by atoms with E-state index in [9.17, 15) is 0 Å². The van der Waals surface area contributed by atoms with Crippen LogP contribution < -0.4 is 0 Å². The van der Waals surface area contributed by atoms with Gasteiger partial charge >= 0.3 is 0 Å². The fourth-order valence-corrected chi connectivity index (χ4v) is 3.31. The molecule has 3 aromatic rings. The Balaban J connectivity index is 2.25. The first kappa shape index (κ1) is 19.8. The Bertz CT molecular complexity index is 983. The van der Waals surface area contributed by atoms with E-state index in [1.165, 1.54) is 5.56 Å². The molecule has 2 nitrogen and oxygen atoms in total. The molecule has 28 heavy (non-hydrogen) atoms. The van der Waals surface area contributed by atoms with Crippen LogP contribution in [0.5, 0.6) is 0 Å². The molecule has 1 atom stereocenters. The van der Waals surface area contributed by atoms with Crippen molar-refractivity contribution in [2.45, 2.75) is 40.0 Å². The van der Waals surface area contributed by atoms with Crippen LogP contribution in [0.3, 0.4) is 0 Å². The maximum atomic E-state index is 5.03. The van der Waals surface area contributed by atoms with Gasteiger partial charge in [-0.05, 0) is 37.8 Å². The number of nitrogens with zero attached hydrogens (tertiary/aromatic N) is 2. The van der Waals surface area contributed by atoms with Gasteiger partial charge in [0.05, 0.1) is 11.4 Å². The zero-order chi connectivity index (χ0) is 20.1. The molecular weight excluding hydrogens is 340 g/mol. The van der Waals surface area contributed by atoms with Crippen molar-refractivity contribution in [2.24, 2.45) is 0 Å². The van der Waals surface area contributed by atoms with Gasteiger partial charge in [0.25, 0.3) is 0 Å². The van der Waals surface area contributed by atoms with Crippen LogP contribution in [0.2, 0.25) is 0 Å². The first-order valence-corrected chi connectivity index (χ1v) is 9.91. The van der Waals surface area contributed by atoms with Crippen LogP contribution >= 0.6 is 0 Å². The molecular formula is C26H28N2. The highest BCUT2D eigenvalue weighted by Crippen LogP contribution is 2.34. The third kappa shape index (κ3) is 4.12. The maximum absolute atomic E-state index is 5.03. The van der Waals surface area contributed by atoms with Gasteiger partial charge < -0.3 is 0 Å². The molecule has 0 bridgehead atoms. The molecule has 0 saturated heterocycles. The molecule has 0 amide bonds. The highest BCUT2D eigenvalue weighted by molar-refractivity contribution is 5.73. The fourth-order valence-electron chi connectivity index (χ4n) is 3.31. The predicted molar refractivity (Wildman–Crippen MR) is 121 cm³/mol. The molecule has 0 spiro atoms. The van der Waals surface area contributed by atoms with Crippen molar-refractivity contribution in [1.82, 2.24) is 9.97 Å². The molecule has 0 aliphatic carbocycles. The van der Waals surface area contributed by atoms with Crippen molar-refractivity contribution in [3.8, 4) is 22.6 Å². The Hall–Kier alpha value is -3.00. The molecule has 3 rings (SSSR count). The number of benzene rings is 2. The number of rotatable bonds is 6. The third-order valence-corrected chi connectivity index (χ3v) is 5.09. The van der Waals surface area contributed by atoms with Crippen LogP contribution in [0.15, 0.2) is 67.3 Å². The van der Waals surface area contributed by atoms with Gasteiger partial charge in [-0.3, -0.25) is 0 Å². The molecule has 142 valence electrons. The van der Waals surface area contributed by atoms with Crippen molar-refractivity contribution < 1.29 is 0 Å². The first-order valence-electron chi connectivity index (χ1n) is 9.91. The lowest BCUT2D eigenvalue weighted by atomic mass is 9.91. The van der Waals surface area contributed by atoms with Gasteiger partial charge in [-0.1, -0.05) is 86.7 Å². The van der Waals surface area contributed by atoms with E-state index in [1.54, 1.807) is 0 Å². The Labute approximate surface area is 168 Å². The van der Waals surface area contributed by atoms with Crippen LogP contribution in [0.4, 0.5) is 0 Å².